The Bertz CT molecular complexity index is 591. The van der Waals surface area contributed by atoms with Gasteiger partial charge in [0.2, 0.25) is 0 Å². The first-order chi connectivity index (χ1) is 11.8. The van der Waals surface area contributed by atoms with Gasteiger partial charge in [-0.15, -0.1) is 0 Å². The summed E-state index contributed by atoms with van der Waals surface area (Å²) >= 11 is 0. The molecule has 140 valence electrons. The zero-order valence-electron chi connectivity index (χ0n) is 17.6. The molecule has 0 bridgehead atoms. The summed E-state index contributed by atoms with van der Waals surface area (Å²) in [5.41, 5.74) is 6.02. The quantitative estimate of drug-likeness (QED) is 0.436. The Kier molecular flexibility index (Phi) is 4.49. The van der Waals surface area contributed by atoms with E-state index in [1.54, 1.807) is 0 Å². The minimum absolute atomic E-state index is 0.488. The fraction of sp³-hybridized carbons (Fsp3) is 0.840. The second kappa shape index (κ2) is 6.28. The Balaban J connectivity index is 1.76. The minimum atomic E-state index is 0.488. The van der Waals surface area contributed by atoms with Gasteiger partial charge < -0.3 is 0 Å². The average Bonchev–Trinajstić information content (AvgIpc) is 3.09. The second-order valence-electron chi connectivity index (χ2n) is 10.8. The molecular formula is C25H40. The Morgan fingerprint density at radius 2 is 1.84 bits per heavy atom. The molecule has 0 heteroatoms. The highest BCUT2D eigenvalue weighted by Crippen LogP contribution is 2.60. The van der Waals surface area contributed by atoms with Crippen molar-refractivity contribution in [3.8, 4) is 0 Å². The van der Waals surface area contributed by atoms with Gasteiger partial charge in [0.05, 0.1) is 0 Å². The molecule has 0 N–H and O–H groups in total. The Labute approximate surface area is 156 Å². The van der Waals surface area contributed by atoms with Gasteiger partial charge in [-0.3, -0.25) is 0 Å². The van der Waals surface area contributed by atoms with Crippen LogP contribution in [0.4, 0.5) is 0 Å². The lowest BCUT2D eigenvalue weighted by molar-refractivity contribution is 0.162. The van der Waals surface area contributed by atoms with Crippen molar-refractivity contribution < 1.29 is 0 Å². The van der Waals surface area contributed by atoms with Crippen LogP contribution >= 0.6 is 0 Å². The van der Waals surface area contributed by atoms with Crippen molar-refractivity contribution in [1.29, 1.82) is 0 Å². The van der Waals surface area contributed by atoms with Gasteiger partial charge in [-0.1, -0.05) is 57.4 Å². The SMILES string of the molecule is C/C1=C2\CC[C@H](C)[C@@H]2CC[C@@H](C)C2=C[C@@]3(C)CC[C@@H](C(C)C)[C@@H]3C[C@@H]21. The first kappa shape index (κ1) is 17.9. The standard InChI is InChI=1S/C25H40/c1-15(2)19-11-12-25(6)14-23-17(4)7-9-20-16(3)8-10-21(20)18(5)22(23)13-24(19)25/h14-17,19-20,22,24H,7-13H2,1-6H3/b21-18-/t16-,17+,19-,20-,22+,24-,25+/m0/s1. The molecule has 0 aromatic rings. The number of fused-ring (bicyclic) bond motifs is 3. The summed E-state index contributed by atoms with van der Waals surface area (Å²) in [6.07, 6.45) is 12.8. The smallest absolute Gasteiger partial charge is 0.00129 e. The lowest BCUT2D eigenvalue weighted by Crippen LogP contribution is -2.35. The van der Waals surface area contributed by atoms with E-state index in [0.717, 1.165) is 41.4 Å². The maximum absolute atomic E-state index is 2.82. The third-order valence-electron chi connectivity index (χ3n) is 9.14. The number of allylic oxidation sites excluding steroid dienone is 4. The first-order valence-corrected chi connectivity index (χ1v) is 11.2. The van der Waals surface area contributed by atoms with E-state index >= 15 is 0 Å². The molecule has 4 rings (SSSR count). The molecule has 0 heterocycles. The fourth-order valence-electron chi connectivity index (χ4n) is 7.44. The van der Waals surface area contributed by atoms with Gasteiger partial charge in [0, 0.05) is 5.92 Å². The highest BCUT2D eigenvalue weighted by molar-refractivity contribution is 5.35. The van der Waals surface area contributed by atoms with Crippen molar-refractivity contribution >= 4 is 0 Å². The van der Waals surface area contributed by atoms with E-state index in [1.807, 2.05) is 16.7 Å². The van der Waals surface area contributed by atoms with Gasteiger partial charge in [0.25, 0.3) is 0 Å². The third-order valence-corrected chi connectivity index (χ3v) is 9.14. The topological polar surface area (TPSA) is 0 Å². The maximum Gasteiger partial charge on any atom is 0.00129 e. The minimum Gasteiger partial charge on any atom is -0.0782 e. The van der Waals surface area contributed by atoms with Crippen molar-refractivity contribution in [2.45, 2.75) is 86.5 Å². The monoisotopic (exact) mass is 340 g/mol. The van der Waals surface area contributed by atoms with E-state index in [-0.39, 0.29) is 0 Å². The van der Waals surface area contributed by atoms with E-state index in [0.29, 0.717) is 5.41 Å². The van der Waals surface area contributed by atoms with Gasteiger partial charge in [-0.05, 0) is 92.8 Å². The van der Waals surface area contributed by atoms with E-state index in [9.17, 15) is 0 Å². The summed E-state index contributed by atoms with van der Waals surface area (Å²) in [4.78, 5) is 0. The zero-order valence-corrected chi connectivity index (χ0v) is 17.6. The van der Waals surface area contributed by atoms with E-state index in [2.05, 4.69) is 47.6 Å². The molecule has 0 aromatic carbocycles. The van der Waals surface area contributed by atoms with Crippen LogP contribution in [0.5, 0.6) is 0 Å². The van der Waals surface area contributed by atoms with Crippen LogP contribution in [0.25, 0.3) is 0 Å². The van der Waals surface area contributed by atoms with E-state index in [1.165, 1.54) is 44.9 Å². The van der Waals surface area contributed by atoms with Crippen LogP contribution in [-0.2, 0) is 0 Å². The molecule has 4 aliphatic carbocycles. The summed E-state index contributed by atoms with van der Waals surface area (Å²) in [5.74, 6) is 6.11. The molecule has 25 heavy (non-hydrogen) atoms. The molecule has 0 nitrogen and oxygen atoms in total. The number of hydrogen-bond acceptors (Lipinski definition) is 0. The molecule has 0 spiro atoms. The maximum atomic E-state index is 2.82. The Hall–Kier alpha value is -0.520. The normalized spacial score (nSPS) is 50.0. The van der Waals surface area contributed by atoms with Crippen molar-refractivity contribution in [2.24, 2.45) is 46.8 Å². The van der Waals surface area contributed by atoms with E-state index in [4.69, 9.17) is 0 Å². The van der Waals surface area contributed by atoms with Gasteiger partial charge in [0.15, 0.2) is 0 Å². The summed E-state index contributed by atoms with van der Waals surface area (Å²) in [7, 11) is 0. The lowest BCUT2D eigenvalue weighted by atomic mass is 9.60. The van der Waals surface area contributed by atoms with Crippen LogP contribution < -0.4 is 0 Å². The highest BCUT2D eigenvalue weighted by Gasteiger charge is 2.50. The average molecular weight is 341 g/mol. The van der Waals surface area contributed by atoms with E-state index < -0.39 is 0 Å². The molecule has 2 saturated carbocycles. The molecule has 0 radical (unpaired) electrons. The molecule has 0 saturated heterocycles. The second-order valence-corrected chi connectivity index (χ2v) is 10.8. The highest BCUT2D eigenvalue weighted by atomic mass is 14.5. The van der Waals surface area contributed by atoms with Crippen LogP contribution in [0, 0.1) is 46.8 Å². The molecule has 0 aliphatic heterocycles. The molecule has 4 aliphatic rings. The van der Waals surface area contributed by atoms with Gasteiger partial charge in [-0.2, -0.15) is 0 Å². The molecule has 0 aromatic heterocycles. The van der Waals surface area contributed by atoms with Crippen LogP contribution in [-0.4, -0.2) is 0 Å². The summed E-state index contributed by atoms with van der Waals surface area (Å²) in [5, 5.41) is 0. The van der Waals surface area contributed by atoms with Gasteiger partial charge in [-0.25, -0.2) is 0 Å². The molecule has 0 unspecified atom stereocenters. The predicted octanol–water partition coefficient (Wildman–Crippen LogP) is 7.41. The fourth-order valence-corrected chi connectivity index (χ4v) is 7.44. The van der Waals surface area contributed by atoms with Crippen molar-refractivity contribution in [1.82, 2.24) is 0 Å². The molecule has 7 atom stereocenters. The number of rotatable bonds is 1. The summed E-state index contributed by atoms with van der Waals surface area (Å²) in [6, 6.07) is 0. The Morgan fingerprint density at radius 1 is 1.08 bits per heavy atom. The van der Waals surface area contributed by atoms with Crippen molar-refractivity contribution in [3.05, 3.63) is 22.8 Å². The van der Waals surface area contributed by atoms with Crippen LogP contribution in [0.15, 0.2) is 22.8 Å². The van der Waals surface area contributed by atoms with Crippen LogP contribution in [0.2, 0.25) is 0 Å². The summed E-state index contributed by atoms with van der Waals surface area (Å²) in [6.45, 7) is 15.1. The van der Waals surface area contributed by atoms with Crippen molar-refractivity contribution in [3.63, 3.8) is 0 Å². The Morgan fingerprint density at radius 3 is 2.56 bits per heavy atom. The van der Waals surface area contributed by atoms with Crippen LogP contribution in [0.3, 0.4) is 0 Å². The molecule has 2 fully saturated rings. The first-order valence-electron chi connectivity index (χ1n) is 11.2. The van der Waals surface area contributed by atoms with Crippen LogP contribution in [0.1, 0.15) is 86.5 Å². The van der Waals surface area contributed by atoms with Crippen molar-refractivity contribution in [2.75, 3.05) is 0 Å². The molecular weight excluding hydrogens is 300 g/mol. The number of hydrogen-bond donors (Lipinski definition) is 0. The predicted molar refractivity (Wildman–Crippen MR) is 108 cm³/mol. The largest absolute Gasteiger partial charge is 0.0782 e. The molecule has 0 amide bonds. The zero-order chi connectivity index (χ0) is 17.9. The third kappa shape index (κ3) is 2.78. The van der Waals surface area contributed by atoms with Gasteiger partial charge >= 0.3 is 0 Å². The summed E-state index contributed by atoms with van der Waals surface area (Å²) < 4.78 is 0. The lowest BCUT2D eigenvalue weighted by Gasteiger charge is -2.45. The van der Waals surface area contributed by atoms with Gasteiger partial charge in [0.1, 0.15) is 0 Å².